The van der Waals surface area contributed by atoms with Crippen molar-refractivity contribution in [3.8, 4) is 5.75 Å². The highest BCUT2D eigenvalue weighted by Crippen LogP contribution is 2.20. The molecule has 0 aromatic heterocycles. The van der Waals surface area contributed by atoms with Gasteiger partial charge < -0.3 is 10.1 Å². The van der Waals surface area contributed by atoms with Crippen LogP contribution in [0.5, 0.6) is 5.75 Å². The van der Waals surface area contributed by atoms with E-state index >= 15 is 0 Å². The maximum absolute atomic E-state index is 12.2. The summed E-state index contributed by atoms with van der Waals surface area (Å²) in [5.74, 6) is 0.858. The number of benzene rings is 1. The van der Waals surface area contributed by atoms with Crippen LogP contribution < -0.4 is 10.1 Å². The molecule has 2 nitrogen and oxygen atoms in total. The van der Waals surface area contributed by atoms with Gasteiger partial charge in [0.2, 0.25) is 0 Å². The van der Waals surface area contributed by atoms with Crippen molar-refractivity contribution >= 4 is 0 Å². The van der Waals surface area contributed by atoms with E-state index in [1.807, 2.05) is 12.1 Å². The minimum Gasteiger partial charge on any atom is -0.435 e. The SMILES string of the molecule is CC(C)CNCCc1ccccc1OC(F)F. The van der Waals surface area contributed by atoms with E-state index in [9.17, 15) is 8.78 Å². The molecule has 0 amide bonds. The van der Waals surface area contributed by atoms with Crippen LogP contribution >= 0.6 is 0 Å². The molecule has 0 aliphatic carbocycles. The van der Waals surface area contributed by atoms with Crippen molar-refractivity contribution in [2.75, 3.05) is 13.1 Å². The van der Waals surface area contributed by atoms with E-state index in [1.54, 1.807) is 12.1 Å². The minimum absolute atomic E-state index is 0.272. The predicted molar refractivity (Wildman–Crippen MR) is 64.5 cm³/mol. The fraction of sp³-hybridized carbons (Fsp3) is 0.538. The average Bonchev–Trinajstić information content (AvgIpc) is 2.25. The minimum atomic E-state index is -2.76. The maximum atomic E-state index is 12.2. The van der Waals surface area contributed by atoms with Crippen molar-refractivity contribution in [1.82, 2.24) is 5.32 Å². The van der Waals surface area contributed by atoms with Crippen molar-refractivity contribution < 1.29 is 13.5 Å². The predicted octanol–water partition coefficient (Wildman–Crippen LogP) is 3.08. The highest BCUT2D eigenvalue weighted by molar-refractivity contribution is 5.33. The van der Waals surface area contributed by atoms with Crippen LogP contribution in [0.25, 0.3) is 0 Å². The Bertz CT molecular complexity index is 329. The van der Waals surface area contributed by atoms with Gasteiger partial charge in [-0.2, -0.15) is 8.78 Å². The van der Waals surface area contributed by atoms with E-state index in [2.05, 4.69) is 23.9 Å². The Morgan fingerprint density at radius 1 is 1.24 bits per heavy atom. The van der Waals surface area contributed by atoms with Gasteiger partial charge in [0.25, 0.3) is 0 Å². The van der Waals surface area contributed by atoms with E-state index in [0.717, 1.165) is 18.7 Å². The second kappa shape index (κ2) is 7.22. The quantitative estimate of drug-likeness (QED) is 0.743. The van der Waals surface area contributed by atoms with Gasteiger partial charge in [0, 0.05) is 0 Å². The summed E-state index contributed by atoms with van der Waals surface area (Å²) < 4.78 is 28.8. The summed E-state index contributed by atoms with van der Waals surface area (Å²) in [5.41, 5.74) is 0.809. The molecule has 0 heterocycles. The van der Waals surface area contributed by atoms with Crippen molar-refractivity contribution in [3.05, 3.63) is 29.8 Å². The van der Waals surface area contributed by atoms with Crippen molar-refractivity contribution in [3.63, 3.8) is 0 Å². The number of hydrogen-bond acceptors (Lipinski definition) is 2. The normalized spacial score (nSPS) is 11.2. The molecule has 0 saturated carbocycles. The number of nitrogens with one attached hydrogen (secondary N) is 1. The number of para-hydroxylation sites is 1. The molecule has 1 aromatic carbocycles. The van der Waals surface area contributed by atoms with Gasteiger partial charge in [-0.25, -0.2) is 0 Å². The molecule has 1 N–H and O–H groups in total. The van der Waals surface area contributed by atoms with Crippen LogP contribution in [0, 0.1) is 5.92 Å². The summed E-state index contributed by atoms with van der Waals surface area (Å²) >= 11 is 0. The Labute approximate surface area is 101 Å². The third kappa shape index (κ3) is 5.63. The van der Waals surface area contributed by atoms with Gasteiger partial charge in [-0.3, -0.25) is 0 Å². The first-order chi connectivity index (χ1) is 8.09. The number of halogens is 2. The third-order valence-electron chi connectivity index (χ3n) is 2.31. The maximum Gasteiger partial charge on any atom is 0.387 e. The van der Waals surface area contributed by atoms with Crippen molar-refractivity contribution in [1.29, 1.82) is 0 Å². The largest absolute Gasteiger partial charge is 0.435 e. The first-order valence-electron chi connectivity index (χ1n) is 5.83. The van der Waals surface area contributed by atoms with E-state index < -0.39 is 6.61 Å². The molecule has 4 heteroatoms. The summed E-state index contributed by atoms with van der Waals surface area (Å²) in [6.07, 6.45) is 0.690. The standard InChI is InChI=1S/C13H19F2NO/c1-10(2)9-16-8-7-11-5-3-4-6-12(11)17-13(14)15/h3-6,10,13,16H,7-9H2,1-2H3. The van der Waals surface area contributed by atoms with E-state index in [0.29, 0.717) is 12.3 Å². The Morgan fingerprint density at radius 3 is 2.59 bits per heavy atom. The second-order valence-electron chi connectivity index (χ2n) is 4.33. The van der Waals surface area contributed by atoms with Gasteiger partial charge in [-0.15, -0.1) is 0 Å². The third-order valence-corrected chi connectivity index (χ3v) is 2.31. The molecule has 0 saturated heterocycles. The van der Waals surface area contributed by atoms with Gasteiger partial charge in [0.15, 0.2) is 0 Å². The van der Waals surface area contributed by atoms with Gasteiger partial charge in [0.1, 0.15) is 5.75 Å². The molecule has 0 unspecified atom stereocenters. The van der Waals surface area contributed by atoms with Gasteiger partial charge in [-0.05, 0) is 37.1 Å². The summed E-state index contributed by atoms with van der Waals surface area (Å²) in [5, 5.41) is 3.27. The van der Waals surface area contributed by atoms with Gasteiger partial charge in [-0.1, -0.05) is 32.0 Å². The molecule has 0 atom stereocenters. The zero-order chi connectivity index (χ0) is 12.7. The molecule has 17 heavy (non-hydrogen) atoms. The molecule has 0 aliphatic heterocycles. The fourth-order valence-corrected chi connectivity index (χ4v) is 1.54. The molecule has 1 aromatic rings. The smallest absolute Gasteiger partial charge is 0.387 e. The molecule has 0 radical (unpaired) electrons. The van der Waals surface area contributed by atoms with Crippen LogP contribution in [0.4, 0.5) is 8.78 Å². The molecule has 0 fully saturated rings. The summed E-state index contributed by atoms with van der Waals surface area (Å²) in [4.78, 5) is 0. The molecule has 0 bridgehead atoms. The Morgan fingerprint density at radius 2 is 1.94 bits per heavy atom. The summed E-state index contributed by atoms with van der Waals surface area (Å²) in [6, 6.07) is 6.91. The van der Waals surface area contributed by atoms with E-state index in [4.69, 9.17) is 0 Å². The highest BCUT2D eigenvalue weighted by Gasteiger charge is 2.08. The lowest BCUT2D eigenvalue weighted by Crippen LogP contribution is -2.22. The van der Waals surface area contributed by atoms with Crippen LogP contribution in [0.1, 0.15) is 19.4 Å². The zero-order valence-electron chi connectivity index (χ0n) is 10.2. The van der Waals surface area contributed by atoms with E-state index in [1.165, 1.54) is 0 Å². The lowest BCUT2D eigenvalue weighted by Gasteiger charge is -2.11. The van der Waals surface area contributed by atoms with Crippen LogP contribution in [-0.4, -0.2) is 19.7 Å². The zero-order valence-corrected chi connectivity index (χ0v) is 10.2. The average molecular weight is 243 g/mol. The van der Waals surface area contributed by atoms with Crippen LogP contribution in [-0.2, 0) is 6.42 Å². The Balaban J connectivity index is 2.46. The van der Waals surface area contributed by atoms with Crippen LogP contribution in [0.15, 0.2) is 24.3 Å². The number of rotatable bonds is 7. The number of alkyl halides is 2. The molecule has 1 rings (SSSR count). The lowest BCUT2D eigenvalue weighted by atomic mass is 10.1. The molecular formula is C13H19F2NO. The van der Waals surface area contributed by atoms with Crippen molar-refractivity contribution in [2.45, 2.75) is 26.9 Å². The fourth-order valence-electron chi connectivity index (χ4n) is 1.54. The molecule has 0 spiro atoms. The molecule has 0 aliphatic rings. The van der Waals surface area contributed by atoms with Crippen molar-refractivity contribution in [2.24, 2.45) is 5.92 Å². The Hall–Kier alpha value is -1.16. The topological polar surface area (TPSA) is 21.3 Å². The van der Waals surface area contributed by atoms with Crippen LogP contribution in [0.2, 0.25) is 0 Å². The highest BCUT2D eigenvalue weighted by atomic mass is 19.3. The van der Waals surface area contributed by atoms with E-state index in [-0.39, 0.29) is 5.75 Å². The lowest BCUT2D eigenvalue weighted by molar-refractivity contribution is -0.0504. The second-order valence-corrected chi connectivity index (χ2v) is 4.33. The van der Waals surface area contributed by atoms with Gasteiger partial charge in [0.05, 0.1) is 0 Å². The number of ether oxygens (including phenoxy) is 1. The summed E-state index contributed by atoms with van der Waals surface area (Å²) in [6.45, 7) is 3.18. The monoisotopic (exact) mass is 243 g/mol. The summed E-state index contributed by atoms with van der Waals surface area (Å²) in [7, 11) is 0. The number of hydrogen-bond donors (Lipinski definition) is 1. The Kier molecular flexibility index (Phi) is 5.91. The first kappa shape index (κ1) is 13.9. The first-order valence-corrected chi connectivity index (χ1v) is 5.83. The van der Waals surface area contributed by atoms with Crippen LogP contribution in [0.3, 0.4) is 0 Å². The van der Waals surface area contributed by atoms with Gasteiger partial charge >= 0.3 is 6.61 Å². The molecule has 96 valence electrons. The molecular weight excluding hydrogens is 224 g/mol.